The van der Waals surface area contributed by atoms with E-state index < -0.39 is 0 Å². The van der Waals surface area contributed by atoms with Gasteiger partial charge in [0.05, 0.1) is 0 Å². The molecule has 2 heteroatoms. The van der Waals surface area contributed by atoms with Crippen molar-refractivity contribution in [3.63, 3.8) is 0 Å². The van der Waals surface area contributed by atoms with Crippen molar-refractivity contribution in [3.05, 3.63) is 0 Å². The van der Waals surface area contributed by atoms with Gasteiger partial charge in [-0.1, -0.05) is 26.2 Å². The Morgan fingerprint density at radius 1 is 1.15 bits per heavy atom. The Kier molecular flexibility index (Phi) is 5.81. The van der Waals surface area contributed by atoms with E-state index in [1.54, 1.807) is 0 Å². The maximum absolute atomic E-state index is 5.77. The zero-order valence-electron chi connectivity index (χ0n) is 8.77. The molecule has 0 aliphatic heterocycles. The fraction of sp³-hybridized carbons (Fsp3) is 1.00. The first-order chi connectivity index (χ1) is 6.38. The van der Waals surface area contributed by atoms with Crippen molar-refractivity contribution in [2.24, 2.45) is 0 Å². The van der Waals surface area contributed by atoms with Gasteiger partial charge in [-0.15, -0.1) is 11.6 Å². The van der Waals surface area contributed by atoms with Gasteiger partial charge in [0.2, 0.25) is 0 Å². The Morgan fingerprint density at radius 3 is 2.46 bits per heavy atom. The summed E-state index contributed by atoms with van der Waals surface area (Å²) in [5.74, 6) is 0.796. The first-order valence-corrected chi connectivity index (χ1v) is 6.22. The topological polar surface area (TPSA) is 3.24 Å². The van der Waals surface area contributed by atoms with Crippen molar-refractivity contribution >= 4 is 11.6 Å². The molecule has 0 aromatic heterocycles. The summed E-state index contributed by atoms with van der Waals surface area (Å²) in [5.41, 5.74) is 0. The van der Waals surface area contributed by atoms with Crippen LogP contribution in [0.3, 0.4) is 0 Å². The first-order valence-electron chi connectivity index (χ1n) is 5.68. The molecule has 0 N–H and O–H groups in total. The number of unbranched alkanes of at least 4 members (excludes halogenated alkanes) is 3. The maximum atomic E-state index is 5.77. The minimum absolute atomic E-state index is 0.796. The van der Waals surface area contributed by atoms with E-state index in [0.29, 0.717) is 0 Å². The van der Waals surface area contributed by atoms with Crippen LogP contribution in [0.1, 0.15) is 45.4 Å². The van der Waals surface area contributed by atoms with Crippen LogP contribution in [-0.2, 0) is 0 Å². The molecule has 1 fully saturated rings. The average Bonchev–Trinajstić information content (AvgIpc) is 2.93. The van der Waals surface area contributed by atoms with E-state index in [4.69, 9.17) is 11.6 Å². The van der Waals surface area contributed by atoms with E-state index >= 15 is 0 Å². The van der Waals surface area contributed by atoms with Crippen molar-refractivity contribution in [2.75, 3.05) is 19.0 Å². The Hall–Kier alpha value is 0.250. The molecule has 0 atom stereocenters. The lowest BCUT2D eigenvalue weighted by atomic mass is 10.2. The summed E-state index contributed by atoms with van der Waals surface area (Å²) in [5, 5.41) is 0. The predicted molar refractivity (Wildman–Crippen MR) is 59.5 cm³/mol. The van der Waals surface area contributed by atoms with Gasteiger partial charge >= 0.3 is 0 Å². The van der Waals surface area contributed by atoms with Crippen LogP contribution in [-0.4, -0.2) is 29.9 Å². The minimum atomic E-state index is 0.796. The monoisotopic (exact) mass is 203 g/mol. The molecule has 1 rings (SSSR count). The molecule has 1 aliphatic rings. The molecule has 0 aromatic rings. The smallest absolute Gasteiger partial charge is 0.0351 e. The largest absolute Gasteiger partial charge is 0.299 e. The van der Waals surface area contributed by atoms with Gasteiger partial charge in [0.25, 0.3) is 0 Å². The lowest BCUT2D eigenvalue weighted by molar-refractivity contribution is 0.272. The number of rotatable bonds is 8. The van der Waals surface area contributed by atoms with Gasteiger partial charge in [-0.25, -0.2) is 0 Å². The lowest BCUT2D eigenvalue weighted by Gasteiger charge is -2.20. The Labute approximate surface area is 87.4 Å². The van der Waals surface area contributed by atoms with Crippen molar-refractivity contribution < 1.29 is 0 Å². The van der Waals surface area contributed by atoms with Crippen LogP contribution in [0.2, 0.25) is 0 Å². The second-order valence-corrected chi connectivity index (χ2v) is 4.39. The molecule has 0 unspecified atom stereocenters. The standard InChI is InChI=1S/C11H22ClN/c1-2-3-4-5-9-13(10-8-12)11-6-7-11/h11H,2-10H2,1H3. The Balaban J connectivity index is 2.00. The Morgan fingerprint density at radius 2 is 1.92 bits per heavy atom. The summed E-state index contributed by atoms with van der Waals surface area (Å²) >= 11 is 5.77. The van der Waals surface area contributed by atoms with E-state index in [2.05, 4.69) is 11.8 Å². The van der Waals surface area contributed by atoms with Gasteiger partial charge in [-0.2, -0.15) is 0 Å². The van der Waals surface area contributed by atoms with Crippen molar-refractivity contribution in [2.45, 2.75) is 51.5 Å². The third kappa shape index (κ3) is 4.87. The molecular formula is C11H22ClN. The SMILES string of the molecule is CCCCCCN(CCCl)C1CC1. The number of halogens is 1. The second-order valence-electron chi connectivity index (χ2n) is 4.02. The Bertz CT molecular complexity index is 123. The third-order valence-corrected chi connectivity index (χ3v) is 2.90. The van der Waals surface area contributed by atoms with Crippen LogP contribution < -0.4 is 0 Å². The molecule has 0 spiro atoms. The van der Waals surface area contributed by atoms with Gasteiger partial charge in [-0.05, 0) is 25.8 Å². The van der Waals surface area contributed by atoms with Crippen molar-refractivity contribution in [1.82, 2.24) is 4.90 Å². The molecular weight excluding hydrogens is 182 g/mol. The molecule has 0 aromatic carbocycles. The zero-order valence-corrected chi connectivity index (χ0v) is 9.52. The highest BCUT2D eigenvalue weighted by Gasteiger charge is 2.27. The third-order valence-electron chi connectivity index (χ3n) is 2.73. The summed E-state index contributed by atoms with van der Waals surface area (Å²) in [6.07, 6.45) is 8.29. The van der Waals surface area contributed by atoms with Crippen LogP contribution in [0.15, 0.2) is 0 Å². The van der Waals surface area contributed by atoms with Gasteiger partial charge in [0, 0.05) is 18.5 Å². The minimum Gasteiger partial charge on any atom is -0.299 e. The number of nitrogens with zero attached hydrogens (tertiary/aromatic N) is 1. The van der Waals surface area contributed by atoms with Crippen LogP contribution >= 0.6 is 11.6 Å². The summed E-state index contributed by atoms with van der Waals surface area (Å²) in [4.78, 5) is 2.57. The van der Waals surface area contributed by atoms with E-state index in [0.717, 1.165) is 18.5 Å². The van der Waals surface area contributed by atoms with Crippen LogP contribution in [0, 0.1) is 0 Å². The summed E-state index contributed by atoms with van der Waals surface area (Å²) in [6, 6.07) is 0.889. The summed E-state index contributed by atoms with van der Waals surface area (Å²) in [7, 11) is 0. The molecule has 1 nitrogen and oxygen atoms in total. The van der Waals surface area contributed by atoms with E-state index in [-0.39, 0.29) is 0 Å². The molecule has 1 saturated carbocycles. The van der Waals surface area contributed by atoms with Gasteiger partial charge < -0.3 is 0 Å². The normalized spacial score (nSPS) is 16.8. The molecule has 1 aliphatic carbocycles. The fourth-order valence-corrected chi connectivity index (χ4v) is 1.98. The number of hydrogen-bond donors (Lipinski definition) is 0. The zero-order chi connectivity index (χ0) is 9.52. The lowest BCUT2D eigenvalue weighted by Crippen LogP contribution is -2.29. The average molecular weight is 204 g/mol. The maximum Gasteiger partial charge on any atom is 0.0351 e. The molecule has 78 valence electrons. The molecule has 0 heterocycles. The highest BCUT2D eigenvalue weighted by Crippen LogP contribution is 2.26. The van der Waals surface area contributed by atoms with Crippen LogP contribution in [0.25, 0.3) is 0 Å². The molecule has 0 saturated heterocycles. The summed E-state index contributed by atoms with van der Waals surface area (Å²) in [6.45, 7) is 4.63. The highest BCUT2D eigenvalue weighted by atomic mass is 35.5. The second kappa shape index (κ2) is 6.67. The molecule has 0 bridgehead atoms. The van der Waals surface area contributed by atoms with Crippen LogP contribution in [0.4, 0.5) is 0 Å². The van der Waals surface area contributed by atoms with Crippen molar-refractivity contribution in [1.29, 1.82) is 0 Å². The molecule has 0 amide bonds. The van der Waals surface area contributed by atoms with E-state index in [9.17, 15) is 0 Å². The predicted octanol–water partition coefficient (Wildman–Crippen LogP) is 3.27. The molecule has 0 radical (unpaired) electrons. The quantitative estimate of drug-likeness (QED) is 0.433. The summed E-state index contributed by atoms with van der Waals surface area (Å²) < 4.78 is 0. The van der Waals surface area contributed by atoms with Gasteiger partial charge in [0.15, 0.2) is 0 Å². The van der Waals surface area contributed by atoms with Crippen molar-refractivity contribution in [3.8, 4) is 0 Å². The van der Waals surface area contributed by atoms with Crippen LogP contribution in [0.5, 0.6) is 0 Å². The highest BCUT2D eigenvalue weighted by molar-refractivity contribution is 6.18. The molecule has 13 heavy (non-hydrogen) atoms. The number of hydrogen-bond acceptors (Lipinski definition) is 1. The van der Waals surface area contributed by atoms with Gasteiger partial charge in [0.1, 0.15) is 0 Å². The van der Waals surface area contributed by atoms with E-state index in [1.165, 1.54) is 45.1 Å². The fourth-order valence-electron chi connectivity index (χ4n) is 1.77. The van der Waals surface area contributed by atoms with E-state index in [1.807, 2.05) is 0 Å². The number of alkyl halides is 1. The van der Waals surface area contributed by atoms with Gasteiger partial charge in [-0.3, -0.25) is 4.90 Å². The first kappa shape index (κ1) is 11.3.